The molecule has 3 aromatic heterocycles. The molecule has 4 heteroatoms. The highest BCUT2D eigenvalue weighted by Crippen LogP contribution is 2.55. The highest BCUT2D eigenvalue weighted by Gasteiger charge is 2.31. The summed E-state index contributed by atoms with van der Waals surface area (Å²) in [5.74, 6) is 0. The lowest BCUT2D eigenvalue weighted by molar-refractivity contribution is 0.568. The van der Waals surface area contributed by atoms with Gasteiger partial charge in [-0.3, -0.25) is 0 Å². The summed E-state index contributed by atoms with van der Waals surface area (Å²) in [6, 6.07) is 75.6. The molecule has 0 spiro atoms. The molecule has 0 saturated heterocycles. The Bertz CT molecular complexity index is 6430. The zero-order chi connectivity index (χ0) is 67.7. The van der Waals surface area contributed by atoms with Crippen LogP contribution >= 0.6 is 0 Å². The van der Waals surface area contributed by atoms with Crippen molar-refractivity contribution in [1.82, 2.24) is 19.9 Å². The number of nitrogens with zero attached hydrogens (tertiary/aromatic N) is 2. The number of nitrogens with one attached hydrogen (secondary N) is 2. The summed E-state index contributed by atoms with van der Waals surface area (Å²) < 4.78 is 0. The molecule has 478 valence electrons. The molecule has 0 radical (unpaired) electrons. The van der Waals surface area contributed by atoms with E-state index < -0.39 is 0 Å². The SMILES string of the molecule is CC(C)(C)c1cc(-c2c3nc(c(-c4cc5ccc6ccc7ccc8ccc9ccc4c4c9c8c7c6c54)c4ccc([nH]4)c(-c4cc(C(C)(C)C)cc(C(C)(C)C)c4)c4nc(c(-c5cc6ccc7ccc8ccc9ccc%10ccc5c5c%10c9c8c7c65)c5ccc2[nH]5)C=C4)C=C3)cc(C(C)(C)C)c1. The number of rotatable bonds is 4. The maximum atomic E-state index is 6.09. The van der Waals surface area contributed by atoms with Crippen molar-refractivity contribution in [3.05, 3.63) is 239 Å². The van der Waals surface area contributed by atoms with Gasteiger partial charge >= 0.3 is 0 Å². The highest BCUT2D eigenvalue weighted by atomic mass is 14.8. The lowest BCUT2D eigenvalue weighted by atomic mass is 9.78. The van der Waals surface area contributed by atoms with Gasteiger partial charge in [0.2, 0.25) is 0 Å². The van der Waals surface area contributed by atoms with Crippen molar-refractivity contribution >= 4 is 176 Å². The van der Waals surface area contributed by atoms with E-state index in [0.29, 0.717) is 0 Å². The smallest absolute Gasteiger partial charge is 0.0737 e. The zero-order valence-electron chi connectivity index (χ0n) is 58.7. The second-order valence-corrected chi connectivity index (χ2v) is 33.4. The van der Waals surface area contributed by atoms with E-state index in [2.05, 4.69) is 311 Å². The lowest BCUT2D eigenvalue weighted by Crippen LogP contribution is -2.16. The van der Waals surface area contributed by atoms with E-state index in [1.165, 1.54) is 152 Å². The number of hydrogen-bond acceptors (Lipinski definition) is 2. The fraction of sp³-hybridized carbons (Fsp3) is 0.167. The summed E-state index contributed by atoms with van der Waals surface area (Å²) in [5, 5.41) is 31.0. The number of H-pyrrole nitrogens is 2. The molecular weight excluding hydrogens is 1210 g/mol. The largest absolute Gasteiger partial charge is 0.354 e. The van der Waals surface area contributed by atoms with Gasteiger partial charge in [-0.25, -0.2) is 9.97 Å². The Kier molecular flexibility index (Phi) is 11.2. The molecule has 21 rings (SSSR count). The molecule has 0 aliphatic carbocycles. The number of hydrogen-bond donors (Lipinski definition) is 2. The molecule has 0 atom stereocenters. The van der Waals surface area contributed by atoms with E-state index in [-0.39, 0.29) is 21.7 Å². The third-order valence-corrected chi connectivity index (χ3v) is 23.2. The molecule has 19 aromatic rings. The molecule has 0 amide bonds. The van der Waals surface area contributed by atoms with Crippen LogP contribution in [0.1, 0.15) is 128 Å². The molecular formula is C96H74N4. The van der Waals surface area contributed by atoms with E-state index in [1.807, 2.05) is 0 Å². The van der Waals surface area contributed by atoms with Gasteiger partial charge in [-0.05, 0) is 256 Å². The van der Waals surface area contributed by atoms with Crippen LogP contribution in [0.15, 0.2) is 194 Å². The molecule has 5 heterocycles. The molecule has 100 heavy (non-hydrogen) atoms. The molecule has 16 aromatic carbocycles. The van der Waals surface area contributed by atoms with Gasteiger partial charge in [0.05, 0.1) is 22.8 Å². The lowest BCUT2D eigenvalue weighted by Gasteiger charge is -2.26. The van der Waals surface area contributed by atoms with Crippen LogP contribution in [0, 0.1) is 0 Å². The molecule has 2 aliphatic rings. The molecule has 2 N–H and O–H groups in total. The van der Waals surface area contributed by atoms with Crippen LogP contribution in [0.2, 0.25) is 0 Å². The van der Waals surface area contributed by atoms with Crippen LogP contribution in [0.4, 0.5) is 0 Å². The first-order valence-electron chi connectivity index (χ1n) is 35.8. The first-order chi connectivity index (χ1) is 48.1. The van der Waals surface area contributed by atoms with Crippen molar-refractivity contribution in [1.29, 1.82) is 0 Å². The van der Waals surface area contributed by atoms with Gasteiger partial charge in [0.1, 0.15) is 0 Å². The summed E-state index contributed by atoms with van der Waals surface area (Å²) in [4.78, 5) is 20.7. The first-order valence-corrected chi connectivity index (χ1v) is 35.8. The van der Waals surface area contributed by atoms with Crippen LogP contribution in [0.25, 0.3) is 220 Å². The third-order valence-electron chi connectivity index (χ3n) is 23.2. The Balaban J connectivity index is 0.950. The standard InChI is InChI=1S/C96H74N4/c1-93(2,3)61-41-59(42-62(47-61)94(4,5)6)77-69-33-37-73(97-69)89(67-45-57-27-25-53-19-15-49-13-17-51-21-23-55-29-31-65(67)91-85(55)81(51)79(49)83(53)87(57)91)75-39-35-71(99-75)78(60-43-63(95(7,8)9)48-64(44-60)96(10,11)12)72-36-40-76(100-72)90(74-38-34-70(77)98-74)68-46-58-28-26-54-20-16-50-14-18-52-22-24-56-30-32-66(68)92-86(56)82(52)80(50)84(54)88(58)92/h13-48,97,100H,1-12H3. The van der Waals surface area contributed by atoms with Crippen molar-refractivity contribution in [3.63, 3.8) is 0 Å². The predicted molar refractivity (Wildman–Crippen MR) is 433 cm³/mol. The number of benzene rings is 16. The Hall–Kier alpha value is -11.2. The van der Waals surface area contributed by atoms with Gasteiger partial charge < -0.3 is 9.97 Å². The fourth-order valence-electron chi connectivity index (χ4n) is 18.0. The Morgan fingerprint density at radius 2 is 0.440 bits per heavy atom. The van der Waals surface area contributed by atoms with Gasteiger partial charge in [0, 0.05) is 44.3 Å². The third kappa shape index (κ3) is 7.99. The van der Waals surface area contributed by atoms with E-state index in [1.54, 1.807) is 0 Å². The average Bonchev–Trinajstić information content (AvgIpc) is 0.709. The summed E-state index contributed by atoms with van der Waals surface area (Å²) in [5.41, 5.74) is 20.8. The maximum Gasteiger partial charge on any atom is 0.0737 e. The van der Waals surface area contributed by atoms with Gasteiger partial charge in [-0.15, -0.1) is 0 Å². The Labute approximate surface area is 580 Å². The Morgan fingerprint density at radius 3 is 0.710 bits per heavy atom. The monoisotopic (exact) mass is 1280 g/mol. The fourth-order valence-corrected chi connectivity index (χ4v) is 18.0. The highest BCUT2D eigenvalue weighted by molar-refractivity contribution is 6.47. The topological polar surface area (TPSA) is 57.4 Å². The number of aromatic amines is 2. The summed E-state index contributed by atoms with van der Waals surface area (Å²) in [7, 11) is 0. The summed E-state index contributed by atoms with van der Waals surface area (Å²) in [6.07, 6.45) is 9.17. The minimum Gasteiger partial charge on any atom is -0.354 e. The summed E-state index contributed by atoms with van der Waals surface area (Å²) in [6.45, 7) is 28.1. The molecule has 4 nitrogen and oxygen atoms in total. The molecule has 0 unspecified atom stereocenters. The van der Waals surface area contributed by atoms with Crippen LogP contribution in [0.3, 0.4) is 0 Å². The molecule has 0 saturated carbocycles. The van der Waals surface area contributed by atoms with Crippen LogP contribution in [0.5, 0.6) is 0 Å². The second-order valence-electron chi connectivity index (χ2n) is 33.4. The van der Waals surface area contributed by atoms with Crippen molar-refractivity contribution in [3.8, 4) is 44.5 Å². The van der Waals surface area contributed by atoms with Crippen molar-refractivity contribution < 1.29 is 0 Å². The predicted octanol–water partition coefficient (Wildman–Crippen LogP) is 27.0. The van der Waals surface area contributed by atoms with Gasteiger partial charge in [-0.1, -0.05) is 241 Å². The van der Waals surface area contributed by atoms with Crippen molar-refractivity contribution in [2.75, 3.05) is 0 Å². The quantitative estimate of drug-likeness (QED) is 0.136. The minimum atomic E-state index is -0.146. The van der Waals surface area contributed by atoms with E-state index in [4.69, 9.17) is 9.97 Å². The van der Waals surface area contributed by atoms with Crippen LogP contribution < -0.4 is 0 Å². The summed E-state index contributed by atoms with van der Waals surface area (Å²) >= 11 is 0. The maximum absolute atomic E-state index is 6.09. The van der Waals surface area contributed by atoms with Crippen LogP contribution in [-0.4, -0.2) is 19.9 Å². The molecule has 0 fully saturated rings. The molecule has 2 aliphatic heterocycles. The van der Waals surface area contributed by atoms with Crippen molar-refractivity contribution in [2.24, 2.45) is 0 Å². The number of fused-ring (bicyclic) bond motifs is 8. The van der Waals surface area contributed by atoms with E-state index in [0.717, 1.165) is 89.4 Å². The van der Waals surface area contributed by atoms with Crippen molar-refractivity contribution in [2.45, 2.75) is 105 Å². The normalized spacial score (nSPS) is 13.7. The minimum absolute atomic E-state index is 0.146. The van der Waals surface area contributed by atoms with Gasteiger partial charge in [-0.2, -0.15) is 0 Å². The van der Waals surface area contributed by atoms with Gasteiger partial charge in [0.15, 0.2) is 0 Å². The van der Waals surface area contributed by atoms with E-state index in [9.17, 15) is 0 Å². The van der Waals surface area contributed by atoms with Crippen LogP contribution in [-0.2, 0) is 21.7 Å². The van der Waals surface area contributed by atoms with E-state index >= 15 is 0 Å². The Morgan fingerprint density at radius 1 is 0.220 bits per heavy atom. The average molecular weight is 1280 g/mol. The number of aromatic nitrogens is 4. The molecule has 8 bridgehead atoms. The van der Waals surface area contributed by atoms with Gasteiger partial charge in [0.25, 0.3) is 0 Å². The second kappa shape index (κ2) is 19.4. The zero-order valence-corrected chi connectivity index (χ0v) is 58.7. The first kappa shape index (κ1) is 57.8.